The fraction of sp³-hybridized carbons (Fsp3) is 0.308. The van der Waals surface area contributed by atoms with Crippen LogP contribution in [0.15, 0.2) is 29.3 Å². The number of hydrogen-bond acceptors (Lipinski definition) is 4. The Kier molecular flexibility index (Phi) is 4.39. The predicted molar refractivity (Wildman–Crippen MR) is 77.2 cm³/mol. The van der Waals surface area contributed by atoms with E-state index in [1.165, 1.54) is 36.0 Å². The van der Waals surface area contributed by atoms with Gasteiger partial charge < -0.3 is 10.2 Å². The fourth-order valence-electron chi connectivity index (χ4n) is 1.62. The third-order valence-electron chi connectivity index (χ3n) is 2.61. The van der Waals surface area contributed by atoms with Crippen molar-refractivity contribution in [2.45, 2.75) is 11.7 Å². The van der Waals surface area contributed by atoms with Crippen LogP contribution in [-0.2, 0) is 9.59 Å². The number of carbonyl (C=O) groups is 2. The summed E-state index contributed by atoms with van der Waals surface area (Å²) < 4.78 is 12.7. The van der Waals surface area contributed by atoms with Crippen molar-refractivity contribution in [3.63, 3.8) is 0 Å². The highest BCUT2D eigenvalue weighted by molar-refractivity contribution is 8.15. The van der Waals surface area contributed by atoms with Gasteiger partial charge >= 0.3 is 0 Å². The number of thioether (sulfide) groups is 1. The lowest BCUT2D eigenvalue weighted by Gasteiger charge is -2.11. The van der Waals surface area contributed by atoms with Gasteiger partial charge in [0.25, 0.3) is 5.91 Å². The van der Waals surface area contributed by atoms with Crippen molar-refractivity contribution in [1.29, 1.82) is 0 Å². The molecule has 1 aliphatic heterocycles. The van der Waals surface area contributed by atoms with Gasteiger partial charge in [0, 0.05) is 26.2 Å². The summed E-state index contributed by atoms with van der Waals surface area (Å²) in [5.41, 5.74) is 0.501. The van der Waals surface area contributed by atoms with E-state index in [1.807, 2.05) is 0 Å². The molecule has 0 aliphatic carbocycles. The van der Waals surface area contributed by atoms with Crippen LogP contribution in [0.3, 0.4) is 0 Å². The van der Waals surface area contributed by atoms with Crippen LogP contribution in [0.25, 0.3) is 0 Å². The quantitative estimate of drug-likeness (QED) is 0.922. The van der Waals surface area contributed by atoms with E-state index in [9.17, 15) is 14.0 Å². The first-order valence-electron chi connectivity index (χ1n) is 5.97. The summed E-state index contributed by atoms with van der Waals surface area (Å²) in [6, 6.07) is 5.47. The second kappa shape index (κ2) is 6.04. The summed E-state index contributed by atoms with van der Waals surface area (Å²) in [7, 11) is 3.58. The Labute approximate surface area is 120 Å². The lowest BCUT2D eigenvalue weighted by atomic mass is 10.2. The number of carbonyl (C=O) groups excluding carboxylic acids is 2. The van der Waals surface area contributed by atoms with Crippen molar-refractivity contribution >= 4 is 34.4 Å². The maximum absolute atomic E-state index is 12.7. The summed E-state index contributed by atoms with van der Waals surface area (Å²) in [6.45, 7) is 0. The standard InChI is InChI=1S/C13H14FN3O2S/c1-17(2)13-16-12(19)10(20-13)7-11(18)15-9-5-3-8(14)4-6-9/h3-6,10H,7H2,1-2H3,(H,15,18)/t10-/m0/s1. The van der Waals surface area contributed by atoms with Gasteiger partial charge in [-0.3, -0.25) is 9.59 Å². The Morgan fingerprint density at radius 2 is 2.05 bits per heavy atom. The number of nitrogens with one attached hydrogen (secondary N) is 1. The lowest BCUT2D eigenvalue weighted by molar-refractivity contribution is -0.121. The molecule has 0 radical (unpaired) electrons. The average molecular weight is 295 g/mol. The van der Waals surface area contributed by atoms with Crippen LogP contribution < -0.4 is 5.32 Å². The minimum absolute atomic E-state index is 0.0434. The van der Waals surface area contributed by atoms with Crippen LogP contribution >= 0.6 is 11.8 Å². The van der Waals surface area contributed by atoms with Crippen molar-refractivity contribution in [2.24, 2.45) is 4.99 Å². The van der Waals surface area contributed by atoms with Gasteiger partial charge in [-0.05, 0) is 24.3 Å². The highest BCUT2D eigenvalue weighted by Gasteiger charge is 2.31. The van der Waals surface area contributed by atoms with Crippen molar-refractivity contribution in [3.05, 3.63) is 30.1 Å². The Morgan fingerprint density at radius 1 is 1.40 bits per heavy atom. The van der Waals surface area contributed by atoms with E-state index in [0.29, 0.717) is 10.9 Å². The van der Waals surface area contributed by atoms with E-state index in [1.54, 1.807) is 19.0 Å². The van der Waals surface area contributed by atoms with Gasteiger partial charge in [0.05, 0.1) is 0 Å². The normalized spacial score (nSPS) is 17.9. The Hall–Kier alpha value is -1.89. The van der Waals surface area contributed by atoms with E-state index in [2.05, 4.69) is 10.3 Å². The van der Waals surface area contributed by atoms with Gasteiger partial charge in [0.2, 0.25) is 5.91 Å². The Bertz CT molecular complexity index is 557. The number of benzene rings is 1. The minimum Gasteiger partial charge on any atom is -0.357 e. The SMILES string of the molecule is CN(C)C1=NC(=O)[C@H](CC(=O)Nc2ccc(F)cc2)S1. The lowest BCUT2D eigenvalue weighted by Crippen LogP contribution is -2.22. The van der Waals surface area contributed by atoms with E-state index in [4.69, 9.17) is 0 Å². The van der Waals surface area contributed by atoms with E-state index in [-0.39, 0.29) is 24.1 Å². The molecule has 1 atom stereocenters. The Morgan fingerprint density at radius 3 is 2.60 bits per heavy atom. The summed E-state index contributed by atoms with van der Waals surface area (Å²) in [5, 5.41) is 2.74. The number of amides is 2. The number of amidine groups is 1. The smallest absolute Gasteiger partial charge is 0.262 e. The maximum Gasteiger partial charge on any atom is 0.262 e. The van der Waals surface area contributed by atoms with Gasteiger partial charge in [0.1, 0.15) is 11.1 Å². The van der Waals surface area contributed by atoms with Gasteiger partial charge in [0.15, 0.2) is 5.17 Å². The first kappa shape index (κ1) is 14.5. The summed E-state index contributed by atoms with van der Waals surface area (Å²) in [5.74, 6) is -0.959. The number of aliphatic imine (C=N–C) groups is 1. The molecule has 0 aromatic heterocycles. The zero-order valence-corrected chi connectivity index (χ0v) is 11.9. The molecule has 1 heterocycles. The first-order chi connectivity index (χ1) is 9.45. The molecule has 5 nitrogen and oxygen atoms in total. The summed E-state index contributed by atoms with van der Waals surface area (Å²) in [4.78, 5) is 29.1. The fourth-order valence-corrected chi connectivity index (χ4v) is 2.61. The summed E-state index contributed by atoms with van der Waals surface area (Å²) in [6.07, 6.45) is 0.0434. The molecule has 0 spiro atoms. The second-order valence-electron chi connectivity index (χ2n) is 4.49. The highest BCUT2D eigenvalue weighted by atomic mass is 32.2. The third kappa shape index (κ3) is 3.57. The molecule has 0 saturated carbocycles. The number of anilines is 1. The maximum atomic E-state index is 12.7. The highest BCUT2D eigenvalue weighted by Crippen LogP contribution is 2.26. The average Bonchev–Trinajstić information content (AvgIpc) is 2.74. The number of halogens is 1. The zero-order chi connectivity index (χ0) is 14.7. The van der Waals surface area contributed by atoms with Crippen LogP contribution in [0.4, 0.5) is 10.1 Å². The van der Waals surface area contributed by atoms with E-state index in [0.717, 1.165) is 0 Å². The van der Waals surface area contributed by atoms with Crippen LogP contribution in [0, 0.1) is 5.82 Å². The van der Waals surface area contributed by atoms with Gasteiger partial charge in [-0.15, -0.1) is 0 Å². The van der Waals surface area contributed by atoms with E-state index < -0.39 is 5.25 Å². The largest absolute Gasteiger partial charge is 0.357 e. The van der Waals surface area contributed by atoms with Crippen LogP contribution in [0.5, 0.6) is 0 Å². The van der Waals surface area contributed by atoms with E-state index >= 15 is 0 Å². The molecule has 2 amide bonds. The molecule has 0 saturated heterocycles. The van der Waals surface area contributed by atoms with Crippen molar-refractivity contribution in [3.8, 4) is 0 Å². The molecule has 0 unspecified atom stereocenters. The van der Waals surface area contributed by atoms with Crippen LogP contribution in [0.2, 0.25) is 0 Å². The number of nitrogens with zero attached hydrogens (tertiary/aromatic N) is 2. The molecule has 20 heavy (non-hydrogen) atoms. The van der Waals surface area contributed by atoms with Crippen LogP contribution in [0.1, 0.15) is 6.42 Å². The minimum atomic E-state index is -0.493. The molecule has 1 aliphatic rings. The monoisotopic (exact) mass is 295 g/mol. The zero-order valence-electron chi connectivity index (χ0n) is 11.1. The van der Waals surface area contributed by atoms with Crippen molar-refractivity contribution in [1.82, 2.24) is 4.90 Å². The van der Waals surface area contributed by atoms with Gasteiger partial charge in [-0.2, -0.15) is 4.99 Å². The number of rotatable bonds is 3. The van der Waals surface area contributed by atoms with Gasteiger partial charge in [-0.1, -0.05) is 11.8 Å². The number of hydrogen-bond donors (Lipinski definition) is 1. The molecule has 1 aromatic rings. The molecule has 2 rings (SSSR count). The molecule has 0 bridgehead atoms. The molecule has 0 fully saturated rings. The van der Waals surface area contributed by atoms with Crippen molar-refractivity contribution in [2.75, 3.05) is 19.4 Å². The van der Waals surface area contributed by atoms with Crippen LogP contribution in [-0.4, -0.2) is 41.2 Å². The molecular formula is C13H14FN3O2S. The van der Waals surface area contributed by atoms with Gasteiger partial charge in [-0.25, -0.2) is 4.39 Å². The third-order valence-corrected chi connectivity index (χ3v) is 3.93. The second-order valence-corrected chi connectivity index (χ2v) is 5.66. The topological polar surface area (TPSA) is 61.8 Å². The molecule has 106 valence electrons. The molecule has 1 aromatic carbocycles. The molecule has 7 heteroatoms. The summed E-state index contributed by atoms with van der Waals surface area (Å²) >= 11 is 1.27. The Balaban J connectivity index is 1.90. The van der Waals surface area contributed by atoms with Crippen molar-refractivity contribution < 1.29 is 14.0 Å². The predicted octanol–water partition coefficient (Wildman–Crippen LogP) is 1.71. The first-order valence-corrected chi connectivity index (χ1v) is 6.85. The molecule has 1 N–H and O–H groups in total. The molecular weight excluding hydrogens is 281 g/mol.